The number of alkyl halides is 2. The molecule has 4 heteroatoms. The first kappa shape index (κ1) is 8.33. The molecule has 0 amide bonds. The fraction of sp³-hybridized carbons (Fsp3) is 0.800. The smallest absolute Gasteiger partial charge is 0.314 e. The minimum absolute atomic E-state index is 0.870. The summed E-state index contributed by atoms with van der Waals surface area (Å²) in [5, 5.41) is 0. The van der Waals surface area contributed by atoms with Crippen molar-refractivity contribution in [3.8, 4) is 0 Å². The third-order valence-electron chi connectivity index (χ3n) is 0.951. The second-order valence-electron chi connectivity index (χ2n) is 1.65. The zero-order valence-electron chi connectivity index (χ0n) is 5.23. The summed E-state index contributed by atoms with van der Waals surface area (Å²) in [6.45, 7) is 1.12. The summed E-state index contributed by atoms with van der Waals surface area (Å²) in [6.07, 6.45) is -2.63. The molecule has 0 N–H and O–H groups in total. The van der Waals surface area contributed by atoms with E-state index in [1.807, 2.05) is 0 Å². The van der Waals surface area contributed by atoms with Gasteiger partial charge in [-0.2, -0.15) is 0 Å². The molecule has 0 fully saturated rings. The molecule has 0 spiro atoms. The monoisotopic (exact) mass is 138 g/mol. The Bertz CT molecular complexity index is 103. The lowest BCUT2D eigenvalue weighted by Crippen LogP contribution is -2.19. The Kier molecular flexibility index (Phi) is 3.12. The summed E-state index contributed by atoms with van der Waals surface area (Å²) in [5.41, 5.74) is 0. The fourth-order valence-corrected chi connectivity index (χ4v) is 0.289. The molecule has 2 nitrogen and oxygen atoms in total. The fourth-order valence-electron chi connectivity index (χ4n) is 0.289. The Morgan fingerprint density at radius 3 is 2.11 bits per heavy atom. The standard InChI is InChI=1S/C5H8F2O2/c1-3(4(6)7)5(8)9-2/h3-4H,1-2H3. The van der Waals surface area contributed by atoms with Crippen molar-refractivity contribution < 1.29 is 18.3 Å². The van der Waals surface area contributed by atoms with Crippen molar-refractivity contribution >= 4 is 5.97 Å². The van der Waals surface area contributed by atoms with E-state index in [1.165, 1.54) is 0 Å². The van der Waals surface area contributed by atoms with Crippen molar-refractivity contribution in [3.63, 3.8) is 0 Å². The summed E-state index contributed by atoms with van der Waals surface area (Å²) in [5.74, 6) is -2.18. The van der Waals surface area contributed by atoms with E-state index in [9.17, 15) is 13.6 Å². The van der Waals surface area contributed by atoms with Gasteiger partial charge in [0.2, 0.25) is 0 Å². The highest BCUT2D eigenvalue weighted by Gasteiger charge is 2.23. The average molecular weight is 138 g/mol. The van der Waals surface area contributed by atoms with Gasteiger partial charge >= 0.3 is 5.97 Å². The second kappa shape index (κ2) is 3.37. The number of carbonyl (C=O) groups is 1. The molecule has 0 aliphatic carbocycles. The number of carbonyl (C=O) groups excluding carboxylic acids is 1. The van der Waals surface area contributed by atoms with Crippen molar-refractivity contribution in [1.82, 2.24) is 0 Å². The van der Waals surface area contributed by atoms with Gasteiger partial charge in [0.05, 0.1) is 7.11 Å². The first-order valence-electron chi connectivity index (χ1n) is 2.45. The number of esters is 1. The SMILES string of the molecule is COC(=O)C(C)C(F)F. The average Bonchev–Trinajstić information content (AvgIpc) is 1.84. The molecule has 0 aromatic rings. The van der Waals surface area contributed by atoms with Gasteiger partial charge in [-0.15, -0.1) is 0 Å². The summed E-state index contributed by atoms with van der Waals surface area (Å²) < 4.78 is 27.2. The molecule has 0 aromatic carbocycles. The van der Waals surface area contributed by atoms with Crippen molar-refractivity contribution in [3.05, 3.63) is 0 Å². The van der Waals surface area contributed by atoms with Crippen molar-refractivity contribution in [2.75, 3.05) is 7.11 Å². The van der Waals surface area contributed by atoms with Gasteiger partial charge in [-0.25, -0.2) is 8.78 Å². The quantitative estimate of drug-likeness (QED) is 0.533. The maximum Gasteiger partial charge on any atom is 0.314 e. The molecule has 0 saturated heterocycles. The zero-order chi connectivity index (χ0) is 7.44. The molecule has 54 valence electrons. The predicted octanol–water partition coefficient (Wildman–Crippen LogP) is 1.06. The molecule has 1 unspecified atom stereocenters. The van der Waals surface area contributed by atoms with Gasteiger partial charge < -0.3 is 4.74 Å². The molecule has 0 aliphatic rings. The maximum absolute atomic E-state index is 11.6. The first-order chi connectivity index (χ1) is 4.09. The van der Waals surface area contributed by atoms with Crippen LogP contribution in [0.3, 0.4) is 0 Å². The number of hydrogen-bond donors (Lipinski definition) is 0. The molecule has 0 rings (SSSR count). The van der Waals surface area contributed by atoms with Crippen LogP contribution in [0.4, 0.5) is 8.78 Å². The van der Waals surface area contributed by atoms with Crippen LogP contribution in [0.15, 0.2) is 0 Å². The van der Waals surface area contributed by atoms with Crippen LogP contribution in [0.5, 0.6) is 0 Å². The summed E-state index contributed by atoms with van der Waals surface area (Å²) >= 11 is 0. The van der Waals surface area contributed by atoms with Gasteiger partial charge in [-0.1, -0.05) is 0 Å². The Hall–Kier alpha value is -0.670. The van der Waals surface area contributed by atoms with Crippen LogP contribution in [0.2, 0.25) is 0 Å². The molecule has 1 atom stereocenters. The van der Waals surface area contributed by atoms with Crippen LogP contribution in [0, 0.1) is 5.92 Å². The van der Waals surface area contributed by atoms with Gasteiger partial charge in [-0.05, 0) is 6.92 Å². The van der Waals surface area contributed by atoms with Crippen molar-refractivity contribution in [2.24, 2.45) is 5.92 Å². The topological polar surface area (TPSA) is 26.3 Å². The molecule has 0 heterocycles. The van der Waals surface area contributed by atoms with Gasteiger partial charge in [0.15, 0.2) is 0 Å². The summed E-state index contributed by atoms with van der Waals surface area (Å²) in [4.78, 5) is 10.3. The first-order valence-corrected chi connectivity index (χ1v) is 2.45. The Morgan fingerprint density at radius 1 is 1.56 bits per heavy atom. The molecule has 0 aliphatic heterocycles. The highest BCUT2D eigenvalue weighted by atomic mass is 19.3. The van der Waals surface area contributed by atoms with Crippen LogP contribution in [-0.4, -0.2) is 19.5 Å². The predicted molar refractivity (Wildman–Crippen MR) is 27.2 cm³/mol. The lowest BCUT2D eigenvalue weighted by molar-refractivity contribution is -0.149. The van der Waals surface area contributed by atoms with Gasteiger partial charge in [0, 0.05) is 0 Å². The van der Waals surface area contributed by atoms with E-state index < -0.39 is 18.3 Å². The van der Waals surface area contributed by atoms with E-state index in [2.05, 4.69) is 4.74 Å². The minimum Gasteiger partial charge on any atom is -0.469 e. The molecule has 0 bridgehead atoms. The van der Waals surface area contributed by atoms with Crippen LogP contribution in [-0.2, 0) is 9.53 Å². The van der Waals surface area contributed by atoms with E-state index >= 15 is 0 Å². The molecule has 0 aromatic heterocycles. The van der Waals surface area contributed by atoms with Gasteiger partial charge in [0.1, 0.15) is 5.92 Å². The Morgan fingerprint density at radius 2 is 2.00 bits per heavy atom. The second-order valence-corrected chi connectivity index (χ2v) is 1.65. The molecule has 9 heavy (non-hydrogen) atoms. The van der Waals surface area contributed by atoms with E-state index in [4.69, 9.17) is 0 Å². The maximum atomic E-state index is 11.6. The summed E-state index contributed by atoms with van der Waals surface area (Å²) in [7, 11) is 1.08. The third kappa shape index (κ3) is 2.39. The lowest BCUT2D eigenvalue weighted by Gasteiger charge is -2.05. The molecule has 0 saturated carbocycles. The largest absolute Gasteiger partial charge is 0.469 e. The van der Waals surface area contributed by atoms with Crippen LogP contribution < -0.4 is 0 Å². The van der Waals surface area contributed by atoms with E-state index in [0.717, 1.165) is 14.0 Å². The highest BCUT2D eigenvalue weighted by Crippen LogP contribution is 2.09. The number of rotatable bonds is 2. The van der Waals surface area contributed by atoms with Crippen molar-refractivity contribution in [2.45, 2.75) is 13.3 Å². The molecular weight excluding hydrogens is 130 g/mol. The number of ether oxygens (including phenoxy) is 1. The van der Waals surface area contributed by atoms with Crippen LogP contribution in [0.25, 0.3) is 0 Å². The Labute approximate surface area is 51.8 Å². The molecular formula is C5H8F2O2. The number of halogens is 2. The van der Waals surface area contributed by atoms with E-state index in [0.29, 0.717) is 0 Å². The highest BCUT2D eigenvalue weighted by molar-refractivity contribution is 5.72. The lowest BCUT2D eigenvalue weighted by atomic mass is 10.2. The van der Waals surface area contributed by atoms with Gasteiger partial charge in [-0.3, -0.25) is 4.79 Å². The van der Waals surface area contributed by atoms with Crippen LogP contribution >= 0.6 is 0 Å². The Balaban J connectivity index is 3.72. The third-order valence-corrected chi connectivity index (χ3v) is 0.951. The zero-order valence-corrected chi connectivity index (χ0v) is 5.23. The molecule has 0 radical (unpaired) electrons. The normalized spacial score (nSPS) is 13.4. The minimum atomic E-state index is -2.63. The van der Waals surface area contributed by atoms with E-state index in [1.54, 1.807) is 0 Å². The number of hydrogen-bond acceptors (Lipinski definition) is 2. The van der Waals surface area contributed by atoms with Crippen LogP contribution in [0.1, 0.15) is 6.92 Å². The van der Waals surface area contributed by atoms with E-state index in [-0.39, 0.29) is 0 Å². The summed E-state index contributed by atoms with van der Waals surface area (Å²) in [6, 6.07) is 0. The van der Waals surface area contributed by atoms with Gasteiger partial charge in [0.25, 0.3) is 6.43 Å². The van der Waals surface area contributed by atoms with Crippen molar-refractivity contribution in [1.29, 1.82) is 0 Å². The number of methoxy groups -OCH3 is 1.